The maximum absolute atomic E-state index is 12.6. The number of nitrogens with zero attached hydrogens (tertiary/aromatic N) is 6. The Morgan fingerprint density at radius 3 is 2.91 bits per heavy atom. The lowest BCUT2D eigenvalue weighted by Crippen LogP contribution is -2.53. The number of fused-ring (bicyclic) bond motifs is 1. The van der Waals surface area contributed by atoms with E-state index in [9.17, 15) is 4.79 Å². The summed E-state index contributed by atoms with van der Waals surface area (Å²) in [6, 6.07) is 9.15. The Morgan fingerprint density at radius 1 is 1.33 bits per heavy atom. The fourth-order valence-corrected chi connectivity index (χ4v) is 3.89. The average Bonchev–Trinajstić information content (AvgIpc) is 3.25. The van der Waals surface area contributed by atoms with Gasteiger partial charge in [-0.25, -0.2) is 4.98 Å². The lowest BCUT2D eigenvalue weighted by molar-refractivity contribution is -0.120. The van der Waals surface area contributed by atoms with Gasteiger partial charge in [-0.1, -0.05) is 12.1 Å². The number of methoxy groups -OCH3 is 1. The normalized spacial score (nSPS) is 16.0. The summed E-state index contributed by atoms with van der Waals surface area (Å²) < 4.78 is 7.21. The van der Waals surface area contributed by atoms with Crippen molar-refractivity contribution in [3.05, 3.63) is 59.0 Å². The first-order chi connectivity index (χ1) is 15.9. The van der Waals surface area contributed by atoms with Gasteiger partial charge in [-0.3, -0.25) is 9.48 Å². The fraction of sp³-hybridized carbons (Fsp3) is 0.348. The van der Waals surface area contributed by atoms with E-state index < -0.39 is 6.04 Å². The molecule has 0 radical (unpaired) electrons. The smallest absolute Gasteiger partial charge is 0.249 e. The van der Waals surface area contributed by atoms with Gasteiger partial charge < -0.3 is 20.3 Å². The quantitative estimate of drug-likeness (QED) is 0.567. The van der Waals surface area contributed by atoms with Crippen molar-refractivity contribution in [3.63, 3.8) is 0 Å². The average molecular weight is 447 g/mol. The molecule has 4 rings (SSSR count). The Bertz CT molecular complexity index is 1220. The van der Waals surface area contributed by atoms with Crippen LogP contribution < -0.4 is 15.5 Å². The van der Waals surface area contributed by atoms with Crippen LogP contribution in [0.1, 0.15) is 29.3 Å². The summed E-state index contributed by atoms with van der Waals surface area (Å²) in [5, 5.41) is 19.6. The van der Waals surface area contributed by atoms with E-state index in [2.05, 4.69) is 31.8 Å². The van der Waals surface area contributed by atoms with Crippen molar-refractivity contribution in [2.75, 3.05) is 29.7 Å². The Hall–Kier alpha value is -3.97. The predicted octanol–water partition coefficient (Wildman–Crippen LogP) is 2.31. The number of hydrogen-bond donors (Lipinski definition) is 2. The molecular formula is C23H26N8O2. The summed E-state index contributed by atoms with van der Waals surface area (Å²) in [5.74, 6) is 0.971. The van der Waals surface area contributed by atoms with E-state index in [1.807, 2.05) is 54.9 Å². The van der Waals surface area contributed by atoms with Gasteiger partial charge in [0.05, 0.1) is 36.2 Å². The summed E-state index contributed by atoms with van der Waals surface area (Å²) in [4.78, 5) is 23.5. The van der Waals surface area contributed by atoms with E-state index >= 15 is 0 Å². The lowest BCUT2D eigenvalue weighted by atomic mass is 10.1. The Kier molecular flexibility index (Phi) is 6.24. The van der Waals surface area contributed by atoms with E-state index in [0.29, 0.717) is 41.8 Å². The molecule has 2 N–H and O–H groups in total. The molecule has 0 bridgehead atoms. The Labute approximate surface area is 192 Å². The highest BCUT2D eigenvalue weighted by Gasteiger charge is 2.37. The second-order valence-electron chi connectivity index (χ2n) is 8.03. The van der Waals surface area contributed by atoms with Crippen molar-refractivity contribution in [1.82, 2.24) is 19.7 Å². The topological polar surface area (TPSA) is 121 Å². The van der Waals surface area contributed by atoms with Gasteiger partial charge in [-0.05, 0) is 31.5 Å². The van der Waals surface area contributed by atoms with E-state index in [4.69, 9.17) is 10.00 Å². The van der Waals surface area contributed by atoms with Crippen LogP contribution in [0.15, 0.2) is 36.7 Å². The van der Waals surface area contributed by atoms with Gasteiger partial charge in [0.1, 0.15) is 11.7 Å². The van der Waals surface area contributed by atoms with E-state index in [0.717, 1.165) is 11.1 Å². The number of anilines is 3. The van der Waals surface area contributed by atoms with Crippen molar-refractivity contribution in [2.45, 2.75) is 39.1 Å². The lowest BCUT2D eigenvalue weighted by Gasteiger charge is -2.37. The maximum Gasteiger partial charge on any atom is 0.249 e. The van der Waals surface area contributed by atoms with Gasteiger partial charge in [0.25, 0.3) is 0 Å². The van der Waals surface area contributed by atoms with Crippen molar-refractivity contribution < 1.29 is 9.53 Å². The number of aryl methyl sites for hydroxylation is 1. The highest BCUT2D eigenvalue weighted by Crippen LogP contribution is 2.33. The van der Waals surface area contributed by atoms with Gasteiger partial charge in [0.15, 0.2) is 5.82 Å². The SMILES string of the molecule is COC(C)C1C(=O)Nc2c(C)nc(NCc3cnn(Cc4cccc(C#N)c4)c3)nc2N1C. The summed E-state index contributed by atoms with van der Waals surface area (Å²) in [5.41, 5.74) is 3.90. The summed E-state index contributed by atoms with van der Waals surface area (Å²) in [6.45, 7) is 4.76. The van der Waals surface area contributed by atoms with Crippen molar-refractivity contribution in [1.29, 1.82) is 5.26 Å². The largest absolute Gasteiger partial charge is 0.379 e. The molecule has 3 aromatic rings. The summed E-state index contributed by atoms with van der Waals surface area (Å²) >= 11 is 0. The molecule has 1 aliphatic heterocycles. The molecule has 1 amide bonds. The molecule has 1 aromatic carbocycles. The first kappa shape index (κ1) is 22.2. The highest BCUT2D eigenvalue weighted by molar-refractivity contribution is 6.03. The standard InChI is InChI=1S/C23H26N8O2/c1-14-19-21(30(3)20(15(2)33-4)22(32)28-19)29-23(27-14)25-10-18-11-26-31(13-18)12-17-7-5-6-16(8-17)9-24/h5-8,11,13,15,20H,10,12H2,1-4H3,(H,28,32)(H,25,27,29). The minimum atomic E-state index is -0.484. The first-order valence-corrected chi connectivity index (χ1v) is 10.6. The minimum absolute atomic E-state index is 0.139. The summed E-state index contributed by atoms with van der Waals surface area (Å²) in [6.07, 6.45) is 3.43. The van der Waals surface area contributed by atoms with E-state index in [1.165, 1.54) is 0 Å². The van der Waals surface area contributed by atoms with Gasteiger partial charge >= 0.3 is 0 Å². The third-order valence-corrected chi connectivity index (χ3v) is 5.69. The van der Waals surface area contributed by atoms with Crippen LogP contribution in [0.3, 0.4) is 0 Å². The fourth-order valence-electron chi connectivity index (χ4n) is 3.89. The van der Waals surface area contributed by atoms with Crippen molar-refractivity contribution >= 4 is 23.4 Å². The zero-order chi connectivity index (χ0) is 23.5. The Morgan fingerprint density at radius 2 is 2.15 bits per heavy atom. The van der Waals surface area contributed by atoms with Crippen LogP contribution in [0.4, 0.5) is 17.5 Å². The van der Waals surface area contributed by atoms with E-state index in [-0.39, 0.29) is 12.0 Å². The molecule has 3 heterocycles. The predicted molar refractivity (Wildman–Crippen MR) is 124 cm³/mol. The second-order valence-corrected chi connectivity index (χ2v) is 8.03. The molecule has 0 fully saturated rings. The number of ether oxygens (including phenoxy) is 1. The molecular weight excluding hydrogens is 420 g/mol. The van der Waals surface area contributed by atoms with Crippen LogP contribution in [0.5, 0.6) is 0 Å². The molecule has 10 heteroatoms. The number of amides is 1. The van der Waals surface area contributed by atoms with Gasteiger partial charge in [-0.15, -0.1) is 0 Å². The maximum atomic E-state index is 12.6. The number of benzene rings is 1. The van der Waals surface area contributed by atoms with Crippen LogP contribution in [-0.4, -0.2) is 52.0 Å². The minimum Gasteiger partial charge on any atom is -0.379 e. The van der Waals surface area contributed by atoms with Gasteiger partial charge in [0, 0.05) is 32.5 Å². The number of likely N-dealkylation sites (N-methyl/N-ethyl adjacent to an activating group) is 1. The third kappa shape index (κ3) is 4.63. The zero-order valence-corrected chi connectivity index (χ0v) is 19.0. The molecule has 0 saturated heterocycles. The van der Waals surface area contributed by atoms with Crippen LogP contribution in [0.2, 0.25) is 0 Å². The number of hydrogen-bond acceptors (Lipinski definition) is 8. The monoisotopic (exact) mass is 446 g/mol. The molecule has 170 valence electrons. The van der Waals surface area contributed by atoms with Crippen LogP contribution >= 0.6 is 0 Å². The van der Waals surface area contributed by atoms with Crippen molar-refractivity contribution in [3.8, 4) is 6.07 Å². The number of nitrogens with one attached hydrogen (secondary N) is 2. The van der Waals surface area contributed by atoms with Crippen molar-refractivity contribution in [2.24, 2.45) is 0 Å². The molecule has 10 nitrogen and oxygen atoms in total. The third-order valence-electron chi connectivity index (χ3n) is 5.69. The Balaban J connectivity index is 1.47. The molecule has 0 saturated carbocycles. The number of nitriles is 1. The van der Waals surface area contributed by atoms with Crippen LogP contribution in [-0.2, 0) is 22.6 Å². The van der Waals surface area contributed by atoms with Gasteiger partial charge in [0.2, 0.25) is 11.9 Å². The van der Waals surface area contributed by atoms with Crippen LogP contribution in [0.25, 0.3) is 0 Å². The molecule has 1 aliphatic rings. The van der Waals surface area contributed by atoms with Gasteiger partial charge in [-0.2, -0.15) is 15.3 Å². The molecule has 33 heavy (non-hydrogen) atoms. The highest BCUT2D eigenvalue weighted by atomic mass is 16.5. The molecule has 2 unspecified atom stereocenters. The van der Waals surface area contributed by atoms with Crippen LogP contribution in [0, 0.1) is 18.3 Å². The molecule has 0 aliphatic carbocycles. The molecule has 0 spiro atoms. The number of aromatic nitrogens is 4. The zero-order valence-electron chi connectivity index (χ0n) is 19.0. The van der Waals surface area contributed by atoms with E-state index in [1.54, 1.807) is 19.4 Å². The summed E-state index contributed by atoms with van der Waals surface area (Å²) in [7, 11) is 3.42. The second kappa shape index (κ2) is 9.26. The number of carbonyl (C=O) groups excluding carboxylic acids is 1. The molecule has 2 atom stereocenters. The molecule has 2 aromatic heterocycles. The first-order valence-electron chi connectivity index (χ1n) is 10.6. The number of rotatable bonds is 7. The number of carbonyl (C=O) groups is 1.